The van der Waals surface area contributed by atoms with Crippen LogP contribution in [-0.4, -0.2) is 30.6 Å². The second kappa shape index (κ2) is 7.84. The molecule has 1 rings (SSSR count). The molecule has 0 N–H and O–H groups in total. The first-order chi connectivity index (χ1) is 9.95. The lowest BCUT2D eigenvalue weighted by atomic mass is 10.2. The molecular formula is C15H18N2O4. The maximum absolute atomic E-state index is 11.3. The molecule has 0 radical (unpaired) electrons. The van der Waals surface area contributed by atoms with E-state index in [0.717, 1.165) is 5.69 Å². The van der Waals surface area contributed by atoms with Crippen molar-refractivity contribution in [3.05, 3.63) is 59.2 Å². The van der Waals surface area contributed by atoms with Crippen LogP contribution in [0, 0.1) is 10.1 Å². The minimum Gasteiger partial charge on any atom is -0.460 e. The number of benzene rings is 1. The molecule has 0 saturated carbocycles. The number of non-ortho nitro benzene ring substituents is 1. The van der Waals surface area contributed by atoms with Gasteiger partial charge >= 0.3 is 5.97 Å². The number of hydrogen-bond acceptors (Lipinski definition) is 5. The van der Waals surface area contributed by atoms with Crippen molar-refractivity contribution >= 4 is 17.3 Å². The van der Waals surface area contributed by atoms with Crippen LogP contribution in [0.25, 0.3) is 0 Å². The molecule has 0 fully saturated rings. The first-order valence-corrected chi connectivity index (χ1v) is 6.38. The molecule has 6 heteroatoms. The lowest BCUT2D eigenvalue weighted by molar-refractivity contribution is -0.384. The van der Waals surface area contributed by atoms with Gasteiger partial charge in [-0.1, -0.05) is 12.7 Å². The molecule has 21 heavy (non-hydrogen) atoms. The Labute approximate surface area is 123 Å². The molecule has 0 atom stereocenters. The predicted octanol–water partition coefficient (Wildman–Crippen LogP) is 2.71. The summed E-state index contributed by atoms with van der Waals surface area (Å²) in [5, 5.41) is 10.6. The highest BCUT2D eigenvalue weighted by molar-refractivity contribution is 5.86. The molecule has 6 nitrogen and oxygen atoms in total. The van der Waals surface area contributed by atoms with Gasteiger partial charge in [0.2, 0.25) is 0 Å². The van der Waals surface area contributed by atoms with Crippen molar-refractivity contribution in [3.63, 3.8) is 0 Å². The predicted molar refractivity (Wildman–Crippen MR) is 81.3 cm³/mol. The van der Waals surface area contributed by atoms with Crippen LogP contribution in [0.2, 0.25) is 0 Å². The van der Waals surface area contributed by atoms with Gasteiger partial charge in [0, 0.05) is 29.9 Å². The maximum atomic E-state index is 11.3. The fourth-order valence-corrected chi connectivity index (χ4v) is 1.64. The van der Waals surface area contributed by atoms with E-state index in [9.17, 15) is 14.9 Å². The zero-order valence-electron chi connectivity index (χ0n) is 11.9. The number of nitrogens with zero attached hydrogens (tertiary/aromatic N) is 2. The van der Waals surface area contributed by atoms with Gasteiger partial charge in [-0.2, -0.15) is 0 Å². The monoisotopic (exact) mass is 290 g/mol. The molecule has 1 aromatic carbocycles. The Hall–Kier alpha value is -2.63. The van der Waals surface area contributed by atoms with Crippen molar-refractivity contribution < 1.29 is 14.5 Å². The van der Waals surface area contributed by atoms with E-state index in [1.165, 1.54) is 12.1 Å². The molecule has 0 amide bonds. The summed E-state index contributed by atoms with van der Waals surface area (Å²) < 4.78 is 5.04. The van der Waals surface area contributed by atoms with E-state index >= 15 is 0 Å². The summed E-state index contributed by atoms with van der Waals surface area (Å²) in [6, 6.07) is 6.18. The summed E-state index contributed by atoms with van der Waals surface area (Å²) in [5.74, 6) is -0.433. The highest BCUT2D eigenvalue weighted by atomic mass is 16.6. The van der Waals surface area contributed by atoms with Crippen molar-refractivity contribution in [3.8, 4) is 0 Å². The molecule has 0 aliphatic heterocycles. The maximum Gasteiger partial charge on any atom is 0.333 e. The van der Waals surface area contributed by atoms with Crippen molar-refractivity contribution in [2.24, 2.45) is 0 Å². The van der Waals surface area contributed by atoms with Crippen LogP contribution in [0.15, 0.2) is 49.1 Å². The quantitative estimate of drug-likeness (QED) is 0.242. The molecule has 0 saturated heterocycles. The smallest absolute Gasteiger partial charge is 0.333 e. The Morgan fingerprint density at radius 2 is 2.05 bits per heavy atom. The lowest BCUT2D eigenvalue weighted by Crippen LogP contribution is -2.28. The zero-order chi connectivity index (χ0) is 15.8. The van der Waals surface area contributed by atoms with Crippen molar-refractivity contribution in [1.29, 1.82) is 0 Å². The molecule has 0 heterocycles. The zero-order valence-corrected chi connectivity index (χ0v) is 11.9. The number of hydrogen-bond donors (Lipinski definition) is 0. The molecule has 112 valence electrons. The van der Waals surface area contributed by atoms with Gasteiger partial charge < -0.3 is 9.64 Å². The summed E-state index contributed by atoms with van der Waals surface area (Å²) in [7, 11) is 0. The number of nitro benzene ring substituents is 1. The second-order valence-corrected chi connectivity index (χ2v) is 4.42. The van der Waals surface area contributed by atoms with Crippen molar-refractivity contribution in [1.82, 2.24) is 0 Å². The average Bonchev–Trinajstić information content (AvgIpc) is 2.46. The fourth-order valence-electron chi connectivity index (χ4n) is 1.64. The molecule has 0 spiro atoms. The standard InChI is InChI=1S/C15H18N2O4/c1-4-9-16(10-11-21-15(18)12(2)3)13-5-7-14(8-6-13)17(19)20/h4-8H,1-2,9-11H2,3H3. The minimum atomic E-state index is -0.448. The molecular weight excluding hydrogens is 272 g/mol. The largest absolute Gasteiger partial charge is 0.460 e. The third-order valence-electron chi connectivity index (χ3n) is 2.72. The van der Waals surface area contributed by atoms with Crippen LogP contribution >= 0.6 is 0 Å². The van der Waals surface area contributed by atoms with Gasteiger partial charge in [0.15, 0.2) is 0 Å². The van der Waals surface area contributed by atoms with Gasteiger partial charge in [0.1, 0.15) is 6.61 Å². The topological polar surface area (TPSA) is 72.7 Å². The fraction of sp³-hybridized carbons (Fsp3) is 0.267. The Kier molecular flexibility index (Phi) is 6.13. The van der Waals surface area contributed by atoms with E-state index in [2.05, 4.69) is 13.2 Å². The molecule has 0 aliphatic carbocycles. The number of anilines is 1. The van der Waals surface area contributed by atoms with Gasteiger partial charge in [0.05, 0.1) is 11.5 Å². The molecule has 1 aromatic rings. The normalized spacial score (nSPS) is 9.76. The van der Waals surface area contributed by atoms with Crippen LogP contribution in [0.3, 0.4) is 0 Å². The van der Waals surface area contributed by atoms with E-state index in [0.29, 0.717) is 18.7 Å². The van der Waals surface area contributed by atoms with E-state index in [-0.39, 0.29) is 12.3 Å². The number of rotatable bonds is 8. The molecule has 0 bridgehead atoms. The van der Waals surface area contributed by atoms with Gasteiger partial charge in [-0.3, -0.25) is 10.1 Å². The van der Waals surface area contributed by atoms with Gasteiger partial charge in [-0.05, 0) is 19.1 Å². The average molecular weight is 290 g/mol. The van der Waals surface area contributed by atoms with E-state index < -0.39 is 10.9 Å². The summed E-state index contributed by atoms with van der Waals surface area (Å²) in [5.41, 5.74) is 1.18. The Balaban J connectivity index is 2.68. The van der Waals surface area contributed by atoms with Gasteiger partial charge in [0.25, 0.3) is 5.69 Å². The summed E-state index contributed by atoms with van der Waals surface area (Å²) >= 11 is 0. The summed E-state index contributed by atoms with van der Waals surface area (Å²) in [6.45, 7) is 9.97. The Morgan fingerprint density at radius 1 is 1.43 bits per heavy atom. The van der Waals surface area contributed by atoms with Crippen LogP contribution in [0.5, 0.6) is 0 Å². The minimum absolute atomic E-state index is 0.0333. The summed E-state index contributed by atoms with van der Waals surface area (Å²) in [6.07, 6.45) is 1.71. The van der Waals surface area contributed by atoms with Gasteiger partial charge in [-0.25, -0.2) is 4.79 Å². The number of carbonyl (C=O) groups is 1. The van der Waals surface area contributed by atoms with Crippen LogP contribution in [-0.2, 0) is 9.53 Å². The number of esters is 1. The number of ether oxygens (including phenoxy) is 1. The molecule has 0 aromatic heterocycles. The Morgan fingerprint density at radius 3 is 2.52 bits per heavy atom. The third-order valence-corrected chi connectivity index (χ3v) is 2.72. The van der Waals surface area contributed by atoms with Crippen LogP contribution in [0.1, 0.15) is 6.92 Å². The highest BCUT2D eigenvalue weighted by Gasteiger charge is 2.10. The van der Waals surface area contributed by atoms with Crippen LogP contribution in [0.4, 0.5) is 11.4 Å². The first-order valence-electron chi connectivity index (χ1n) is 6.38. The Bertz CT molecular complexity index is 537. The van der Waals surface area contributed by atoms with Crippen molar-refractivity contribution in [2.45, 2.75) is 6.92 Å². The van der Waals surface area contributed by atoms with Crippen molar-refractivity contribution in [2.75, 3.05) is 24.6 Å². The molecule has 0 aliphatic rings. The van der Waals surface area contributed by atoms with E-state index in [1.54, 1.807) is 25.1 Å². The summed E-state index contributed by atoms with van der Waals surface area (Å²) in [4.78, 5) is 23.4. The lowest BCUT2D eigenvalue weighted by Gasteiger charge is -2.23. The van der Waals surface area contributed by atoms with E-state index in [4.69, 9.17) is 4.74 Å². The second-order valence-electron chi connectivity index (χ2n) is 4.42. The van der Waals surface area contributed by atoms with E-state index in [1.807, 2.05) is 4.90 Å². The SMILES string of the molecule is C=CCN(CCOC(=O)C(=C)C)c1ccc([N+](=O)[O-])cc1. The van der Waals surface area contributed by atoms with Gasteiger partial charge in [-0.15, -0.1) is 6.58 Å². The highest BCUT2D eigenvalue weighted by Crippen LogP contribution is 2.19. The number of carbonyl (C=O) groups excluding carboxylic acids is 1. The first kappa shape index (κ1) is 16.4. The third kappa shape index (κ3) is 5.10. The van der Waals surface area contributed by atoms with Crippen LogP contribution < -0.4 is 4.90 Å². The molecule has 0 unspecified atom stereocenters. The number of nitro groups is 1.